The first-order chi connectivity index (χ1) is 9.52. The van der Waals surface area contributed by atoms with Crippen molar-refractivity contribution in [1.82, 2.24) is 0 Å². The molecule has 1 atom stereocenters. The summed E-state index contributed by atoms with van der Waals surface area (Å²) in [4.78, 5) is 21.2. The summed E-state index contributed by atoms with van der Waals surface area (Å²) in [5, 5.41) is 20.1. The molecule has 0 aliphatic carbocycles. The number of benzene rings is 1. The van der Waals surface area contributed by atoms with E-state index >= 15 is 0 Å². The number of aliphatic carboxylic acids is 2. The monoisotopic (exact) mass is 296 g/mol. The fourth-order valence-electron chi connectivity index (χ4n) is 1.46. The van der Waals surface area contributed by atoms with Crippen molar-refractivity contribution >= 4 is 23.7 Å². The minimum atomic E-state index is -1.39. The quantitative estimate of drug-likeness (QED) is 0.635. The molecule has 0 heterocycles. The Bertz CT molecular complexity index is 443. The number of carbonyl (C=O) groups excluding carboxylic acids is 2. The van der Waals surface area contributed by atoms with E-state index in [-0.39, 0.29) is 0 Å². The minimum Gasteiger partial charge on any atom is -0.550 e. The van der Waals surface area contributed by atoms with E-state index in [1.54, 1.807) is 12.1 Å². The van der Waals surface area contributed by atoms with E-state index in [0.29, 0.717) is 12.4 Å². The third-order valence-electron chi connectivity index (χ3n) is 2.46. The van der Waals surface area contributed by atoms with Crippen LogP contribution in [0.5, 0.6) is 5.75 Å². The van der Waals surface area contributed by atoms with Crippen molar-refractivity contribution in [3.63, 3.8) is 0 Å². The molecule has 6 heteroatoms. The van der Waals surface area contributed by atoms with Crippen LogP contribution < -0.4 is 14.9 Å². The Balaban J connectivity index is 2.51. The number of rotatable bonds is 9. The number of carbonyl (C=O) groups is 2. The van der Waals surface area contributed by atoms with Gasteiger partial charge in [0, 0.05) is 23.4 Å². The first-order valence-corrected chi connectivity index (χ1v) is 7.31. The number of hydrogen-bond donors (Lipinski definition) is 0. The lowest BCUT2D eigenvalue weighted by molar-refractivity contribution is -0.314. The molecule has 20 heavy (non-hydrogen) atoms. The normalized spacial score (nSPS) is 11.8. The second-order valence-corrected chi connectivity index (χ2v) is 5.38. The second kappa shape index (κ2) is 8.47. The zero-order chi connectivity index (χ0) is 15.0. The van der Waals surface area contributed by atoms with Crippen molar-refractivity contribution in [3.8, 4) is 5.75 Å². The molecule has 0 saturated heterocycles. The Morgan fingerprint density at radius 1 is 1.25 bits per heavy atom. The Morgan fingerprint density at radius 2 is 1.90 bits per heavy atom. The summed E-state index contributed by atoms with van der Waals surface area (Å²) in [5.41, 5.74) is 0.892. The summed E-state index contributed by atoms with van der Waals surface area (Å²) < 4.78 is 5.43. The van der Waals surface area contributed by atoms with Crippen LogP contribution in [-0.4, -0.2) is 23.8 Å². The van der Waals surface area contributed by atoms with Crippen molar-refractivity contribution in [2.45, 2.75) is 30.8 Å². The molecule has 110 valence electrons. The van der Waals surface area contributed by atoms with E-state index in [9.17, 15) is 19.8 Å². The van der Waals surface area contributed by atoms with Crippen LogP contribution in [0.4, 0.5) is 0 Å². The molecule has 1 rings (SSSR count). The molecule has 0 fully saturated rings. The molecule has 0 N–H and O–H groups in total. The highest BCUT2D eigenvalue weighted by molar-refractivity contribution is 7.99. The Hall–Kier alpha value is -1.69. The molecule has 0 aliphatic heterocycles. The average molecular weight is 296 g/mol. The topological polar surface area (TPSA) is 89.5 Å². The predicted molar refractivity (Wildman–Crippen MR) is 71.9 cm³/mol. The zero-order valence-corrected chi connectivity index (χ0v) is 12.0. The summed E-state index contributed by atoms with van der Waals surface area (Å²) in [6.45, 7) is 2.66. The zero-order valence-electron chi connectivity index (χ0n) is 11.2. The lowest BCUT2D eigenvalue weighted by atomic mass is 10.2. The standard InChI is InChI=1S/C14H18O5S/c1-2-7-19-11-5-3-10(4-6-11)9-20-12(14(17)18)8-13(15)16/h3-6,12H,2,7-9H2,1H3,(H,15,16)(H,17,18)/p-2/t12-/m1/s1. The summed E-state index contributed by atoms with van der Waals surface area (Å²) in [6, 6.07) is 7.25. The highest BCUT2D eigenvalue weighted by atomic mass is 32.2. The number of thioether (sulfide) groups is 1. The molecule has 1 aromatic carbocycles. The van der Waals surface area contributed by atoms with Crippen LogP contribution in [0.1, 0.15) is 25.3 Å². The lowest BCUT2D eigenvalue weighted by Crippen LogP contribution is -2.38. The van der Waals surface area contributed by atoms with E-state index in [0.717, 1.165) is 29.5 Å². The summed E-state index contributed by atoms with van der Waals surface area (Å²) >= 11 is 1.01. The fraction of sp³-hybridized carbons (Fsp3) is 0.429. The molecule has 0 amide bonds. The SMILES string of the molecule is CCCOc1ccc(CS[C@H](CC(=O)[O-])C(=O)[O-])cc1. The summed E-state index contributed by atoms with van der Waals surface area (Å²) in [7, 11) is 0. The number of carboxylic acids is 2. The molecule has 1 aromatic rings. The van der Waals surface area contributed by atoms with Crippen LogP contribution in [0.25, 0.3) is 0 Å². The van der Waals surface area contributed by atoms with Crippen molar-refractivity contribution in [3.05, 3.63) is 29.8 Å². The van der Waals surface area contributed by atoms with Crippen LogP contribution in [0.3, 0.4) is 0 Å². The van der Waals surface area contributed by atoms with Gasteiger partial charge in [-0.25, -0.2) is 0 Å². The largest absolute Gasteiger partial charge is 0.550 e. The van der Waals surface area contributed by atoms with Gasteiger partial charge in [0.05, 0.1) is 12.6 Å². The first-order valence-electron chi connectivity index (χ1n) is 6.27. The third-order valence-corrected chi connectivity index (χ3v) is 3.72. The molecule has 5 nitrogen and oxygen atoms in total. The van der Waals surface area contributed by atoms with Gasteiger partial charge in [0.1, 0.15) is 5.75 Å². The Labute approximate surface area is 121 Å². The number of hydrogen-bond acceptors (Lipinski definition) is 6. The number of carboxylic acid groups (broad SMARTS) is 2. The molecule has 0 aromatic heterocycles. The highest BCUT2D eigenvalue weighted by Crippen LogP contribution is 2.21. The van der Waals surface area contributed by atoms with Crippen LogP contribution in [-0.2, 0) is 15.3 Å². The van der Waals surface area contributed by atoms with Gasteiger partial charge in [-0.1, -0.05) is 19.1 Å². The van der Waals surface area contributed by atoms with E-state index in [4.69, 9.17) is 4.74 Å². The van der Waals surface area contributed by atoms with Crippen LogP contribution >= 0.6 is 11.8 Å². The van der Waals surface area contributed by atoms with E-state index < -0.39 is 23.6 Å². The maximum absolute atomic E-state index is 10.8. The summed E-state index contributed by atoms with van der Waals surface area (Å²) in [6.07, 6.45) is 0.374. The van der Waals surface area contributed by atoms with Gasteiger partial charge in [-0.05, 0) is 24.1 Å². The Morgan fingerprint density at radius 3 is 2.40 bits per heavy atom. The maximum atomic E-state index is 10.8. The van der Waals surface area contributed by atoms with Gasteiger partial charge >= 0.3 is 0 Å². The summed E-state index contributed by atoms with van der Waals surface area (Å²) in [5.74, 6) is -1.64. The van der Waals surface area contributed by atoms with Crippen LogP contribution in [0, 0.1) is 0 Å². The predicted octanol–water partition coefficient (Wildman–Crippen LogP) is -0.0329. The molecular formula is C14H16O5S-2. The van der Waals surface area contributed by atoms with Crippen molar-refractivity contribution in [1.29, 1.82) is 0 Å². The molecule has 0 saturated carbocycles. The second-order valence-electron chi connectivity index (χ2n) is 4.19. The molecule has 0 spiro atoms. The van der Waals surface area contributed by atoms with Crippen molar-refractivity contribution in [2.24, 2.45) is 0 Å². The van der Waals surface area contributed by atoms with E-state index in [1.165, 1.54) is 0 Å². The van der Waals surface area contributed by atoms with Gasteiger partial charge in [0.2, 0.25) is 0 Å². The van der Waals surface area contributed by atoms with Crippen LogP contribution in [0.2, 0.25) is 0 Å². The van der Waals surface area contributed by atoms with Gasteiger partial charge < -0.3 is 24.5 Å². The number of ether oxygens (including phenoxy) is 1. The smallest absolute Gasteiger partial charge is 0.119 e. The van der Waals surface area contributed by atoms with E-state index in [2.05, 4.69) is 0 Å². The lowest BCUT2D eigenvalue weighted by Gasteiger charge is -2.18. The maximum Gasteiger partial charge on any atom is 0.119 e. The minimum absolute atomic E-state index is 0.389. The molecule has 0 radical (unpaired) electrons. The fourth-order valence-corrected chi connectivity index (χ4v) is 2.44. The highest BCUT2D eigenvalue weighted by Gasteiger charge is 2.11. The Kier molecular flexibility index (Phi) is 6.93. The van der Waals surface area contributed by atoms with Gasteiger partial charge in [0.15, 0.2) is 0 Å². The van der Waals surface area contributed by atoms with Gasteiger partial charge in [-0.15, -0.1) is 11.8 Å². The van der Waals surface area contributed by atoms with Crippen molar-refractivity contribution < 1.29 is 24.5 Å². The van der Waals surface area contributed by atoms with Gasteiger partial charge in [-0.2, -0.15) is 0 Å². The third kappa shape index (κ3) is 5.97. The van der Waals surface area contributed by atoms with Gasteiger partial charge in [0.25, 0.3) is 0 Å². The first kappa shape index (κ1) is 16.4. The molecule has 0 aliphatic rings. The van der Waals surface area contributed by atoms with Gasteiger partial charge in [-0.3, -0.25) is 0 Å². The van der Waals surface area contributed by atoms with E-state index in [1.807, 2.05) is 19.1 Å². The average Bonchev–Trinajstić information content (AvgIpc) is 2.41. The van der Waals surface area contributed by atoms with Crippen LogP contribution in [0.15, 0.2) is 24.3 Å². The molecular weight excluding hydrogens is 280 g/mol. The van der Waals surface area contributed by atoms with Crippen molar-refractivity contribution in [2.75, 3.05) is 6.61 Å². The molecule has 0 bridgehead atoms. The molecule has 0 unspecified atom stereocenters.